The molecule has 2 rings (SSSR count). The molecular formula is C13H10Br2FNO. The van der Waals surface area contributed by atoms with Crippen molar-refractivity contribution in [1.82, 2.24) is 0 Å². The molecule has 0 radical (unpaired) electrons. The molecule has 0 aromatic heterocycles. The van der Waals surface area contributed by atoms with Gasteiger partial charge in [0.05, 0.1) is 4.47 Å². The lowest BCUT2D eigenvalue weighted by atomic mass is 10.2. The molecule has 0 aliphatic rings. The molecule has 0 heterocycles. The third-order valence-electron chi connectivity index (χ3n) is 2.29. The van der Waals surface area contributed by atoms with Crippen LogP contribution in [-0.2, 0) is 6.54 Å². The van der Waals surface area contributed by atoms with Gasteiger partial charge in [-0.05, 0) is 57.9 Å². The van der Waals surface area contributed by atoms with Crippen LogP contribution in [0.25, 0.3) is 0 Å². The first-order valence-corrected chi connectivity index (χ1v) is 6.79. The van der Waals surface area contributed by atoms with Crippen LogP contribution in [0.1, 0.15) is 5.56 Å². The Kier molecular flexibility index (Phi) is 4.37. The van der Waals surface area contributed by atoms with Gasteiger partial charge in [-0.15, -0.1) is 0 Å². The van der Waals surface area contributed by atoms with E-state index in [0.29, 0.717) is 22.5 Å². The second-order valence-electron chi connectivity index (χ2n) is 3.68. The van der Waals surface area contributed by atoms with E-state index in [1.165, 1.54) is 12.1 Å². The molecule has 94 valence electrons. The smallest absolute Gasteiger partial charge is 0.141 e. The summed E-state index contributed by atoms with van der Waals surface area (Å²) in [5.41, 5.74) is 6.55. The van der Waals surface area contributed by atoms with E-state index in [-0.39, 0.29) is 5.82 Å². The van der Waals surface area contributed by atoms with E-state index in [1.54, 1.807) is 6.07 Å². The first-order valence-electron chi connectivity index (χ1n) is 5.21. The molecule has 0 amide bonds. The highest BCUT2D eigenvalue weighted by atomic mass is 79.9. The largest absolute Gasteiger partial charge is 0.456 e. The standard InChI is InChI=1S/C13H10Br2FNO/c14-9-3-8(7-17)4-11(5-9)18-13-2-1-10(16)6-12(13)15/h1-6H,7,17H2. The van der Waals surface area contributed by atoms with Crippen molar-refractivity contribution in [2.75, 3.05) is 0 Å². The maximum atomic E-state index is 13.0. The molecule has 0 saturated carbocycles. The minimum Gasteiger partial charge on any atom is -0.456 e. The molecule has 18 heavy (non-hydrogen) atoms. The van der Waals surface area contributed by atoms with Crippen molar-refractivity contribution < 1.29 is 9.13 Å². The van der Waals surface area contributed by atoms with Gasteiger partial charge in [0.2, 0.25) is 0 Å². The fourth-order valence-electron chi connectivity index (χ4n) is 1.48. The van der Waals surface area contributed by atoms with Gasteiger partial charge in [-0.2, -0.15) is 0 Å². The molecule has 0 aliphatic heterocycles. The summed E-state index contributed by atoms with van der Waals surface area (Å²) in [6.45, 7) is 0.431. The lowest BCUT2D eigenvalue weighted by molar-refractivity contribution is 0.476. The fourth-order valence-corrected chi connectivity index (χ4v) is 2.43. The van der Waals surface area contributed by atoms with Crippen LogP contribution in [0.15, 0.2) is 45.3 Å². The summed E-state index contributed by atoms with van der Waals surface area (Å²) in [5.74, 6) is 0.890. The minimum atomic E-state index is -0.314. The van der Waals surface area contributed by atoms with E-state index < -0.39 is 0 Å². The van der Waals surface area contributed by atoms with Gasteiger partial charge in [-0.1, -0.05) is 15.9 Å². The number of hydrogen-bond acceptors (Lipinski definition) is 2. The zero-order chi connectivity index (χ0) is 13.1. The van der Waals surface area contributed by atoms with Gasteiger partial charge in [0, 0.05) is 11.0 Å². The van der Waals surface area contributed by atoms with Crippen LogP contribution >= 0.6 is 31.9 Å². The predicted octanol–water partition coefficient (Wildman–Crippen LogP) is 4.60. The lowest BCUT2D eigenvalue weighted by Crippen LogP contribution is -1.96. The minimum absolute atomic E-state index is 0.314. The van der Waals surface area contributed by atoms with Crippen molar-refractivity contribution in [3.8, 4) is 11.5 Å². The summed E-state index contributed by atoms with van der Waals surface area (Å²) in [7, 11) is 0. The monoisotopic (exact) mass is 373 g/mol. The van der Waals surface area contributed by atoms with E-state index in [1.807, 2.05) is 18.2 Å². The van der Waals surface area contributed by atoms with E-state index in [0.717, 1.165) is 10.0 Å². The average molecular weight is 375 g/mol. The van der Waals surface area contributed by atoms with Crippen molar-refractivity contribution >= 4 is 31.9 Å². The van der Waals surface area contributed by atoms with Crippen LogP contribution in [0.2, 0.25) is 0 Å². The Morgan fingerprint density at radius 3 is 2.56 bits per heavy atom. The van der Waals surface area contributed by atoms with E-state index >= 15 is 0 Å². The van der Waals surface area contributed by atoms with Gasteiger partial charge in [0.1, 0.15) is 17.3 Å². The molecule has 0 bridgehead atoms. The highest BCUT2D eigenvalue weighted by Crippen LogP contribution is 2.32. The Balaban J connectivity index is 2.30. The van der Waals surface area contributed by atoms with Crippen LogP contribution in [0.3, 0.4) is 0 Å². The van der Waals surface area contributed by atoms with Crippen molar-refractivity contribution in [1.29, 1.82) is 0 Å². The number of nitrogens with two attached hydrogens (primary N) is 1. The Hall–Kier alpha value is -0.910. The van der Waals surface area contributed by atoms with E-state index in [4.69, 9.17) is 10.5 Å². The molecule has 0 atom stereocenters. The van der Waals surface area contributed by atoms with Gasteiger partial charge in [-0.25, -0.2) is 4.39 Å². The molecule has 0 unspecified atom stereocenters. The van der Waals surface area contributed by atoms with Crippen LogP contribution in [0.4, 0.5) is 4.39 Å². The number of ether oxygens (including phenoxy) is 1. The van der Waals surface area contributed by atoms with Gasteiger partial charge in [-0.3, -0.25) is 0 Å². The topological polar surface area (TPSA) is 35.2 Å². The molecule has 0 saturated heterocycles. The molecule has 0 fully saturated rings. The molecule has 2 aromatic rings. The maximum Gasteiger partial charge on any atom is 0.141 e. The normalized spacial score (nSPS) is 10.4. The quantitative estimate of drug-likeness (QED) is 0.851. The second kappa shape index (κ2) is 5.82. The van der Waals surface area contributed by atoms with Gasteiger partial charge >= 0.3 is 0 Å². The highest BCUT2D eigenvalue weighted by Gasteiger charge is 2.06. The van der Waals surface area contributed by atoms with E-state index in [9.17, 15) is 4.39 Å². The van der Waals surface area contributed by atoms with E-state index in [2.05, 4.69) is 31.9 Å². The van der Waals surface area contributed by atoms with Crippen LogP contribution in [-0.4, -0.2) is 0 Å². The summed E-state index contributed by atoms with van der Waals surface area (Å²) in [4.78, 5) is 0. The Morgan fingerprint density at radius 2 is 1.89 bits per heavy atom. The molecule has 5 heteroatoms. The van der Waals surface area contributed by atoms with Gasteiger partial charge in [0.25, 0.3) is 0 Å². The lowest BCUT2D eigenvalue weighted by Gasteiger charge is -2.09. The molecule has 2 nitrogen and oxygen atoms in total. The van der Waals surface area contributed by atoms with Crippen molar-refractivity contribution in [2.24, 2.45) is 5.73 Å². The summed E-state index contributed by atoms with van der Waals surface area (Å²) >= 11 is 6.65. The molecule has 2 aromatic carbocycles. The summed E-state index contributed by atoms with van der Waals surface area (Å²) < 4.78 is 20.1. The van der Waals surface area contributed by atoms with Crippen LogP contribution < -0.4 is 10.5 Å². The van der Waals surface area contributed by atoms with Crippen molar-refractivity contribution in [3.63, 3.8) is 0 Å². The molecular weight excluding hydrogens is 365 g/mol. The van der Waals surface area contributed by atoms with Crippen molar-refractivity contribution in [2.45, 2.75) is 6.54 Å². The zero-order valence-electron chi connectivity index (χ0n) is 9.29. The van der Waals surface area contributed by atoms with Gasteiger partial charge < -0.3 is 10.5 Å². The SMILES string of the molecule is NCc1cc(Br)cc(Oc2ccc(F)cc2Br)c1. The van der Waals surface area contributed by atoms with Crippen molar-refractivity contribution in [3.05, 3.63) is 56.7 Å². The Labute approximate surface area is 121 Å². The third-order valence-corrected chi connectivity index (χ3v) is 3.37. The number of halogens is 3. The third kappa shape index (κ3) is 3.31. The zero-order valence-corrected chi connectivity index (χ0v) is 12.5. The summed E-state index contributed by atoms with van der Waals surface area (Å²) in [5, 5.41) is 0. The fraction of sp³-hybridized carbons (Fsp3) is 0.0769. The first-order chi connectivity index (χ1) is 8.58. The maximum absolute atomic E-state index is 13.0. The second-order valence-corrected chi connectivity index (χ2v) is 5.45. The molecule has 2 N–H and O–H groups in total. The predicted molar refractivity (Wildman–Crippen MR) is 76.2 cm³/mol. The first kappa shape index (κ1) is 13.5. The highest BCUT2D eigenvalue weighted by molar-refractivity contribution is 9.10. The number of rotatable bonds is 3. The molecule has 0 aliphatic carbocycles. The Morgan fingerprint density at radius 1 is 1.11 bits per heavy atom. The summed E-state index contributed by atoms with van der Waals surface area (Å²) in [6.07, 6.45) is 0. The van der Waals surface area contributed by atoms with Crippen LogP contribution in [0.5, 0.6) is 11.5 Å². The van der Waals surface area contributed by atoms with Crippen LogP contribution in [0, 0.1) is 5.82 Å². The number of benzene rings is 2. The Bertz CT molecular complexity index is 575. The number of hydrogen-bond donors (Lipinski definition) is 1. The van der Waals surface area contributed by atoms with Gasteiger partial charge in [0.15, 0.2) is 0 Å². The molecule has 0 spiro atoms. The average Bonchev–Trinajstić information content (AvgIpc) is 2.32. The summed E-state index contributed by atoms with van der Waals surface area (Å²) in [6, 6.07) is 9.88.